The zero-order chi connectivity index (χ0) is 13.2. The zero-order valence-electron chi connectivity index (χ0n) is 10.6. The summed E-state index contributed by atoms with van der Waals surface area (Å²) < 4.78 is 14.9. The van der Waals surface area contributed by atoms with Gasteiger partial charge in [-0.15, -0.1) is 0 Å². The van der Waals surface area contributed by atoms with Crippen molar-refractivity contribution in [3.05, 3.63) is 60.0 Å². The van der Waals surface area contributed by atoms with Crippen LogP contribution in [0.15, 0.2) is 48.5 Å². The second kappa shape index (κ2) is 4.72. The van der Waals surface area contributed by atoms with Gasteiger partial charge in [-0.3, -0.25) is 4.68 Å². The first-order valence-corrected chi connectivity index (χ1v) is 6.14. The Morgan fingerprint density at radius 2 is 2.00 bits per heavy atom. The lowest BCUT2D eigenvalue weighted by molar-refractivity contribution is 0.628. The number of fused-ring (bicyclic) bond motifs is 1. The number of hydrogen-bond acceptors (Lipinski definition) is 2. The van der Waals surface area contributed by atoms with Crippen molar-refractivity contribution >= 4 is 16.6 Å². The van der Waals surface area contributed by atoms with Gasteiger partial charge in [0.2, 0.25) is 0 Å². The van der Waals surface area contributed by atoms with Crippen molar-refractivity contribution in [2.24, 2.45) is 7.05 Å². The van der Waals surface area contributed by atoms with E-state index in [1.165, 1.54) is 12.1 Å². The fraction of sp³-hybridized carbons (Fsp3) is 0.133. The molecule has 2 aromatic carbocycles. The zero-order valence-corrected chi connectivity index (χ0v) is 10.6. The third-order valence-electron chi connectivity index (χ3n) is 3.12. The first-order chi connectivity index (χ1) is 9.24. The molecule has 0 aliphatic rings. The Labute approximate surface area is 110 Å². The molecule has 0 saturated carbocycles. The van der Waals surface area contributed by atoms with E-state index in [0.29, 0.717) is 6.54 Å². The van der Waals surface area contributed by atoms with E-state index in [-0.39, 0.29) is 5.82 Å². The summed E-state index contributed by atoms with van der Waals surface area (Å²) in [6.07, 6.45) is 0. The predicted octanol–water partition coefficient (Wildman–Crippen LogP) is 3.32. The summed E-state index contributed by atoms with van der Waals surface area (Å²) in [5, 5.41) is 8.80. The average molecular weight is 255 g/mol. The van der Waals surface area contributed by atoms with E-state index in [2.05, 4.69) is 10.4 Å². The SMILES string of the molecule is Cn1nc(CNc2cccc(F)c2)c2ccccc21. The van der Waals surface area contributed by atoms with Gasteiger partial charge in [0.25, 0.3) is 0 Å². The minimum Gasteiger partial charge on any atom is -0.379 e. The molecule has 96 valence electrons. The van der Waals surface area contributed by atoms with Gasteiger partial charge in [0.15, 0.2) is 0 Å². The van der Waals surface area contributed by atoms with Crippen LogP contribution >= 0.6 is 0 Å². The summed E-state index contributed by atoms with van der Waals surface area (Å²) in [6.45, 7) is 0.574. The summed E-state index contributed by atoms with van der Waals surface area (Å²) in [5.74, 6) is -0.240. The van der Waals surface area contributed by atoms with Gasteiger partial charge in [-0.1, -0.05) is 24.3 Å². The van der Waals surface area contributed by atoms with E-state index in [1.807, 2.05) is 42.1 Å². The molecule has 0 fully saturated rings. The van der Waals surface area contributed by atoms with Crippen LogP contribution in [0.25, 0.3) is 10.9 Å². The smallest absolute Gasteiger partial charge is 0.125 e. The molecule has 0 unspecified atom stereocenters. The Hall–Kier alpha value is -2.36. The van der Waals surface area contributed by atoms with Gasteiger partial charge in [0, 0.05) is 18.1 Å². The van der Waals surface area contributed by atoms with Crippen LogP contribution in [0.2, 0.25) is 0 Å². The Balaban J connectivity index is 1.86. The number of anilines is 1. The van der Waals surface area contributed by atoms with Crippen molar-refractivity contribution in [1.82, 2.24) is 9.78 Å². The first kappa shape index (κ1) is 11.7. The van der Waals surface area contributed by atoms with Crippen LogP contribution in [0.5, 0.6) is 0 Å². The summed E-state index contributed by atoms with van der Waals surface area (Å²) in [6, 6.07) is 14.5. The molecule has 0 amide bonds. The quantitative estimate of drug-likeness (QED) is 0.778. The number of nitrogens with one attached hydrogen (secondary N) is 1. The normalized spacial score (nSPS) is 10.8. The Kier molecular flexibility index (Phi) is 2.91. The number of halogens is 1. The van der Waals surface area contributed by atoms with Crippen LogP contribution in [0.1, 0.15) is 5.69 Å². The maximum Gasteiger partial charge on any atom is 0.125 e. The van der Waals surface area contributed by atoms with Crippen molar-refractivity contribution in [3.63, 3.8) is 0 Å². The van der Waals surface area contributed by atoms with E-state index in [9.17, 15) is 4.39 Å². The lowest BCUT2D eigenvalue weighted by Gasteiger charge is -2.04. The van der Waals surface area contributed by atoms with Crippen molar-refractivity contribution in [2.75, 3.05) is 5.32 Å². The molecular weight excluding hydrogens is 241 g/mol. The first-order valence-electron chi connectivity index (χ1n) is 6.14. The molecule has 1 N–H and O–H groups in total. The van der Waals surface area contributed by atoms with Crippen molar-refractivity contribution in [1.29, 1.82) is 0 Å². The molecule has 0 saturated heterocycles. The van der Waals surface area contributed by atoms with Gasteiger partial charge in [0.05, 0.1) is 17.8 Å². The number of aromatic nitrogens is 2. The largest absolute Gasteiger partial charge is 0.379 e. The summed E-state index contributed by atoms with van der Waals surface area (Å²) in [7, 11) is 1.92. The van der Waals surface area contributed by atoms with Gasteiger partial charge in [-0.25, -0.2) is 4.39 Å². The molecule has 0 aliphatic heterocycles. The minimum atomic E-state index is -0.240. The van der Waals surface area contributed by atoms with Crippen molar-refractivity contribution < 1.29 is 4.39 Å². The van der Waals surface area contributed by atoms with Crippen molar-refractivity contribution in [2.45, 2.75) is 6.54 Å². The van der Waals surface area contributed by atoms with Crippen LogP contribution < -0.4 is 5.32 Å². The van der Waals surface area contributed by atoms with E-state index in [1.54, 1.807) is 6.07 Å². The van der Waals surface area contributed by atoms with Gasteiger partial charge in [-0.05, 0) is 24.3 Å². The number of aryl methyl sites for hydroxylation is 1. The highest BCUT2D eigenvalue weighted by Crippen LogP contribution is 2.19. The molecule has 0 radical (unpaired) electrons. The molecule has 0 bridgehead atoms. The van der Waals surface area contributed by atoms with E-state index >= 15 is 0 Å². The van der Waals surface area contributed by atoms with E-state index in [4.69, 9.17) is 0 Å². The molecule has 0 spiro atoms. The van der Waals surface area contributed by atoms with Crippen LogP contribution in [0, 0.1) is 5.82 Å². The van der Waals surface area contributed by atoms with Gasteiger partial charge in [0.1, 0.15) is 5.82 Å². The Morgan fingerprint density at radius 1 is 1.16 bits per heavy atom. The van der Waals surface area contributed by atoms with Crippen LogP contribution in [-0.2, 0) is 13.6 Å². The lowest BCUT2D eigenvalue weighted by Crippen LogP contribution is -2.01. The molecule has 1 heterocycles. The predicted molar refractivity (Wildman–Crippen MR) is 74.4 cm³/mol. The fourth-order valence-electron chi connectivity index (χ4n) is 2.20. The number of nitrogens with zero attached hydrogens (tertiary/aromatic N) is 2. The maximum atomic E-state index is 13.1. The van der Waals surface area contributed by atoms with Gasteiger partial charge < -0.3 is 5.32 Å². The number of benzene rings is 2. The average Bonchev–Trinajstić information content (AvgIpc) is 2.74. The molecule has 0 aliphatic carbocycles. The highest BCUT2D eigenvalue weighted by molar-refractivity contribution is 5.82. The number of rotatable bonds is 3. The second-order valence-electron chi connectivity index (χ2n) is 4.45. The fourth-order valence-corrected chi connectivity index (χ4v) is 2.20. The molecule has 0 atom stereocenters. The number of hydrogen-bond donors (Lipinski definition) is 1. The van der Waals surface area contributed by atoms with Crippen LogP contribution in [-0.4, -0.2) is 9.78 Å². The molecule has 3 aromatic rings. The standard InChI is InChI=1S/C15H14FN3/c1-19-15-8-3-2-7-13(15)14(18-19)10-17-12-6-4-5-11(16)9-12/h2-9,17H,10H2,1H3. The van der Waals surface area contributed by atoms with Crippen LogP contribution in [0.4, 0.5) is 10.1 Å². The van der Waals surface area contributed by atoms with Crippen LogP contribution in [0.3, 0.4) is 0 Å². The molecule has 4 heteroatoms. The second-order valence-corrected chi connectivity index (χ2v) is 4.45. The minimum absolute atomic E-state index is 0.240. The summed E-state index contributed by atoms with van der Waals surface area (Å²) in [5.41, 5.74) is 2.82. The number of para-hydroxylation sites is 1. The molecule has 1 aromatic heterocycles. The molecule has 19 heavy (non-hydrogen) atoms. The molecule has 3 rings (SSSR count). The van der Waals surface area contributed by atoms with Crippen molar-refractivity contribution in [3.8, 4) is 0 Å². The van der Waals surface area contributed by atoms with E-state index in [0.717, 1.165) is 22.3 Å². The topological polar surface area (TPSA) is 29.9 Å². The van der Waals surface area contributed by atoms with Gasteiger partial charge >= 0.3 is 0 Å². The third-order valence-corrected chi connectivity index (χ3v) is 3.12. The highest BCUT2D eigenvalue weighted by Gasteiger charge is 2.07. The maximum absolute atomic E-state index is 13.1. The third kappa shape index (κ3) is 2.29. The monoisotopic (exact) mass is 255 g/mol. The van der Waals surface area contributed by atoms with Gasteiger partial charge in [-0.2, -0.15) is 5.10 Å². The highest BCUT2D eigenvalue weighted by atomic mass is 19.1. The molecule has 3 nitrogen and oxygen atoms in total. The lowest BCUT2D eigenvalue weighted by atomic mass is 10.2. The summed E-state index contributed by atoms with van der Waals surface area (Å²) in [4.78, 5) is 0. The summed E-state index contributed by atoms with van der Waals surface area (Å²) >= 11 is 0. The Morgan fingerprint density at radius 3 is 2.84 bits per heavy atom. The van der Waals surface area contributed by atoms with E-state index < -0.39 is 0 Å². The molecular formula is C15H14FN3. The Bertz CT molecular complexity index is 718.